The summed E-state index contributed by atoms with van der Waals surface area (Å²) in [5.74, 6) is -6.44. The molecule has 2 aliphatic rings. The van der Waals surface area contributed by atoms with E-state index in [4.69, 9.17) is 15.2 Å². The van der Waals surface area contributed by atoms with E-state index >= 15 is 19.2 Å². The number of amides is 8. The second-order valence-electron chi connectivity index (χ2n) is 23.5. The molecule has 8 amide bonds. The number of likely N-dealkylation sites (tertiary alicyclic amines) is 1. The molecule has 10 N–H and O–H groups in total. The van der Waals surface area contributed by atoms with Gasteiger partial charge in [-0.3, -0.25) is 43.2 Å². The summed E-state index contributed by atoms with van der Waals surface area (Å²) >= 11 is 0. The van der Waals surface area contributed by atoms with Crippen molar-refractivity contribution in [3.05, 3.63) is 136 Å². The van der Waals surface area contributed by atoms with E-state index in [-0.39, 0.29) is 89.6 Å². The van der Waals surface area contributed by atoms with Gasteiger partial charge in [-0.2, -0.15) is 0 Å². The lowest BCUT2D eigenvalue weighted by molar-refractivity contribution is -0.166. The Kier molecular flexibility index (Phi) is 23.6. The highest BCUT2D eigenvalue weighted by atomic mass is 19.1. The van der Waals surface area contributed by atoms with Crippen LogP contribution in [-0.2, 0) is 91.4 Å². The number of likely N-dealkylation sites (N-methyl/N-ethyl adjacent to an activating group) is 1. The molecule has 7 rings (SSSR count). The highest BCUT2D eigenvalue weighted by molar-refractivity contribution is 5.99. The number of nitrogens with one attached hydrogen (secondary N) is 7. The zero-order chi connectivity index (χ0) is 64.6. The van der Waals surface area contributed by atoms with Gasteiger partial charge in [0.05, 0.1) is 32.8 Å². The Bertz CT molecular complexity index is 3340. The van der Waals surface area contributed by atoms with Crippen LogP contribution in [0, 0.1) is 11.7 Å². The van der Waals surface area contributed by atoms with E-state index in [1.54, 1.807) is 61.7 Å². The summed E-state index contributed by atoms with van der Waals surface area (Å²) in [4.78, 5) is 132. The lowest BCUT2D eigenvalue weighted by atomic mass is 9.94. The molecule has 5 aromatic rings. The number of aromatic nitrogens is 1. The second kappa shape index (κ2) is 30.9. The third-order valence-electron chi connectivity index (χ3n) is 16.2. The molecule has 2 aliphatic heterocycles. The largest absolute Gasteiger partial charge is 0.497 e. The van der Waals surface area contributed by atoms with Gasteiger partial charge in [0.15, 0.2) is 0 Å². The van der Waals surface area contributed by atoms with E-state index in [9.17, 15) is 33.5 Å². The second-order valence-corrected chi connectivity index (χ2v) is 23.5. The molecular weight excluding hydrogens is 1150 g/mol. The van der Waals surface area contributed by atoms with E-state index in [2.05, 4.69) is 41.6 Å². The maximum Gasteiger partial charge on any atom is 0.306 e. The Hall–Kier alpha value is -8.74. The maximum absolute atomic E-state index is 15.3. The number of aliphatic hydroxyl groups is 1. The molecule has 1 saturated heterocycles. The van der Waals surface area contributed by atoms with Crippen LogP contribution in [0.2, 0.25) is 0 Å². The Balaban J connectivity index is 1.15. The molecule has 1 fully saturated rings. The number of benzene rings is 4. The van der Waals surface area contributed by atoms with Crippen LogP contribution in [0.25, 0.3) is 10.9 Å². The molecule has 24 heteroatoms. The zero-order valence-corrected chi connectivity index (χ0v) is 51.5. The summed E-state index contributed by atoms with van der Waals surface area (Å²) in [7, 11) is 4.04. The summed E-state index contributed by atoms with van der Waals surface area (Å²) < 4.78 is 30.8. The number of rotatable bonds is 23. The smallest absolute Gasteiger partial charge is 0.306 e. The van der Waals surface area contributed by atoms with Gasteiger partial charge < -0.3 is 71.7 Å². The van der Waals surface area contributed by atoms with E-state index in [1.807, 2.05) is 38.1 Å². The number of nitrogens with zero attached hydrogens (tertiary/aromatic N) is 2. The number of aromatic amines is 1. The third-order valence-corrected chi connectivity index (χ3v) is 16.2. The zero-order valence-electron chi connectivity index (χ0n) is 51.5. The first-order valence-electron chi connectivity index (χ1n) is 29.9. The van der Waals surface area contributed by atoms with Gasteiger partial charge in [0, 0.05) is 82.6 Å². The van der Waals surface area contributed by atoms with Crippen LogP contribution in [0.3, 0.4) is 0 Å². The third kappa shape index (κ3) is 18.2. The number of nitrogens with two attached hydrogens (primary N) is 1. The van der Waals surface area contributed by atoms with Crippen molar-refractivity contribution in [2.75, 3.05) is 41.0 Å². The molecule has 0 unspecified atom stereocenters. The Labute approximate surface area is 517 Å². The van der Waals surface area contributed by atoms with Crippen molar-refractivity contribution in [1.29, 1.82) is 0 Å². The van der Waals surface area contributed by atoms with Crippen molar-refractivity contribution in [2.24, 2.45) is 11.7 Å². The van der Waals surface area contributed by atoms with E-state index < -0.39 is 101 Å². The van der Waals surface area contributed by atoms with Crippen LogP contribution >= 0.6 is 0 Å². The van der Waals surface area contributed by atoms with E-state index in [0.29, 0.717) is 51.7 Å². The van der Waals surface area contributed by atoms with E-state index in [1.165, 1.54) is 51.3 Å². The number of halogens is 1. The fraction of sp³-hybridized carbons (Fsp3) is 0.462. The number of carbonyl (C=O) groups is 9. The van der Waals surface area contributed by atoms with Gasteiger partial charge in [0.1, 0.15) is 35.2 Å². The number of fused-ring (bicyclic) bond motifs is 3. The van der Waals surface area contributed by atoms with Crippen LogP contribution in [0.4, 0.5) is 4.39 Å². The highest BCUT2D eigenvalue weighted by Crippen LogP contribution is 2.33. The maximum atomic E-state index is 15.3. The number of carbonyl (C=O) groups excluding carboxylic acids is 9. The van der Waals surface area contributed by atoms with Crippen molar-refractivity contribution in [2.45, 2.75) is 147 Å². The minimum Gasteiger partial charge on any atom is -0.497 e. The number of hydrogen-bond donors (Lipinski definition) is 9. The normalized spacial score (nSPS) is 19.7. The average molecular weight is 1230 g/mol. The Morgan fingerprint density at radius 1 is 0.899 bits per heavy atom. The number of esters is 1. The van der Waals surface area contributed by atoms with Crippen LogP contribution in [0.5, 0.6) is 5.75 Å². The Morgan fingerprint density at radius 2 is 1.61 bits per heavy atom. The van der Waals surface area contributed by atoms with E-state index in [0.717, 1.165) is 16.0 Å². The lowest BCUT2D eigenvalue weighted by Gasteiger charge is -2.40. The van der Waals surface area contributed by atoms with Gasteiger partial charge in [-0.05, 0) is 116 Å². The molecule has 0 spiro atoms. The molecular formula is C65H83FN10O13. The van der Waals surface area contributed by atoms with Crippen LogP contribution in [0.1, 0.15) is 99.6 Å². The first-order chi connectivity index (χ1) is 42.4. The lowest BCUT2D eigenvalue weighted by Crippen LogP contribution is -2.69. The van der Waals surface area contributed by atoms with Gasteiger partial charge in [-0.1, -0.05) is 74.5 Å². The van der Waals surface area contributed by atoms with Crippen molar-refractivity contribution in [3.8, 4) is 5.75 Å². The topological polar surface area (TPSA) is 322 Å². The molecule has 4 aromatic carbocycles. The van der Waals surface area contributed by atoms with Crippen molar-refractivity contribution >= 4 is 64.1 Å². The number of hydrogen-bond acceptors (Lipinski definition) is 14. The summed E-state index contributed by atoms with van der Waals surface area (Å²) in [5, 5.41) is 30.0. The first-order valence-corrected chi connectivity index (χ1v) is 29.9. The monoisotopic (exact) mass is 1230 g/mol. The predicted molar refractivity (Wildman–Crippen MR) is 327 cm³/mol. The van der Waals surface area contributed by atoms with Crippen LogP contribution in [-0.4, -0.2) is 156 Å². The number of H-pyrrole nitrogens is 1. The standard InChI is InChI=1S/C65H83FN10O13/c1-39(2)38-89-40(3)57(73-59(81)53-22-23-54(77)71-36-45-11-8-10-44(30-45)31-50(67)58(80)72-52(61(83)75(53)5)32-46-37-69-51-21-18-47(66)33-49(46)51)60(82)74-65(86,34-42-16-19-48(87-6)20-17-42)63(85)76-29-9-27-64(76,4)62(84)68-28-26-41-12-14-43(15-13-41)35-70-55(78)24-25-56(79)88-7/h8,10-21,30,33,37,39-40,50,52-53,57,69,86H,9,22-29,31-32,34-36,38,67H2,1-7H3,(H,68,84)(H,70,78)(H,71,77)(H,72,80)(H,73,81)(H,74,82)/t40-,50+,52+,53+,57+,64+,65+/m1/s1. The van der Waals surface area contributed by atoms with Gasteiger partial charge in [0.25, 0.3) is 5.91 Å². The van der Waals surface area contributed by atoms with Gasteiger partial charge in [0.2, 0.25) is 47.1 Å². The Morgan fingerprint density at radius 3 is 2.31 bits per heavy atom. The minimum atomic E-state index is -2.79. The fourth-order valence-electron chi connectivity index (χ4n) is 11.0. The van der Waals surface area contributed by atoms with Crippen LogP contribution in [0.15, 0.2) is 97.2 Å². The molecule has 3 heterocycles. The molecule has 0 radical (unpaired) electrons. The SMILES string of the molecule is COC(=O)CCC(=O)NCc1ccc(CCNC(=O)[C@]2(C)CCCN2C(=O)[C@@](O)(Cc2ccc(OC)cc2)NC(=O)[C@@H](NC(=O)[C@@H]2CCC(=O)NCc3cccc(c3)C[C@H](N)C(=O)N[C@@H](Cc3c[nH]c4ccc(F)cc34)C(=O)N2C)[C@@H](C)OCC(C)C)cc1. The molecule has 89 heavy (non-hydrogen) atoms. The molecule has 23 nitrogen and oxygen atoms in total. The molecule has 0 aliphatic carbocycles. The summed E-state index contributed by atoms with van der Waals surface area (Å²) in [6, 6.07) is 19.2. The van der Waals surface area contributed by atoms with Crippen molar-refractivity contribution in [3.63, 3.8) is 0 Å². The summed E-state index contributed by atoms with van der Waals surface area (Å²) in [5.41, 5.74) is 6.67. The number of ether oxygens (including phenoxy) is 3. The summed E-state index contributed by atoms with van der Waals surface area (Å²) in [6.07, 6.45) is 0.0681. The average Bonchev–Trinajstić information content (AvgIpc) is 2.33. The van der Waals surface area contributed by atoms with Gasteiger partial charge >= 0.3 is 5.97 Å². The quantitative estimate of drug-likeness (QED) is 0.0336. The predicted octanol–water partition coefficient (Wildman–Crippen LogP) is 3.05. The van der Waals surface area contributed by atoms with Gasteiger partial charge in [-0.15, -0.1) is 0 Å². The first kappa shape index (κ1) is 67.8. The molecule has 0 saturated carbocycles. The van der Waals surface area contributed by atoms with Crippen molar-refractivity contribution in [1.82, 2.24) is 46.7 Å². The fourth-order valence-corrected chi connectivity index (χ4v) is 11.0. The number of methoxy groups -OCH3 is 2. The van der Waals surface area contributed by atoms with Crippen molar-refractivity contribution < 1.29 is 66.9 Å². The molecule has 2 bridgehead atoms. The highest BCUT2D eigenvalue weighted by Gasteiger charge is 2.53. The summed E-state index contributed by atoms with van der Waals surface area (Å²) in [6.45, 7) is 7.43. The molecule has 478 valence electrons. The molecule has 1 aromatic heterocycles. The minimum absolute atomic E-state index is 0.00733. The van der Waals surface area contributed by atoms with Gasteiger partial charge in [-0.25, -0.2) is 4.39 Å². The molecule has 7 atom stereocenters. The van der Waals surface area contributed by atoms with Crippen LogP contribution < -0.4 is 42.4 Å².